The number of nitrogens with one attached hydrogen (secondary N) is 1. The lowest BCUT2D eigenvalue weighted by molar-refractivity contribution is 0.0696. The van der Waals surface area contributed by atoms with Crippen molar-refractivity contribution >= 4 is 32.6 Å². The third-order valence-electron chi connectivity index (χ3n) is 3.79. The smallest absolute Gasteiger partial charge is 0.335 e. The predicted octanol–water partition coefficient (Wildman–Crippen LogP) is 2.38. The van der Waals surface area contributed by atoms with Crippen LogP contribution in [0.25, 0.3) is 10.9 Å². The van der Waals surface area contributed by atoms with E-state index in [-0.39, 0.29) is 10.5 Å². The minimum Gasteiger partial charge on any atom is -0.478 e. The van der Waals surface area contributed by atoms with Crippen molar-refractivity contribution in [1.82, 2.24) is 9.78 Å². The molecule has 0 amide bonds. The monoisotopic (exact) mass is 345 g/mol. The number of nitrogens with zero attached hydrogens (tertiary/aromatic N) is 2. The molecule has 3 aromatic rings. The molecule has 0 bridgehead atoms. The van der Waals surface area contributed by atoms with Gasteiger partial charge in [-0.2, -0.15) is 5.10 Å². The number of carbonyl (C=O) groups is 1. The van der Waals surface area contributed by atoms with Gasteiger partial charge in [0.05, 0.1) is 21.7 Å². The third-order valence-corrected chi connectivity index (χ3v) is 5.19. The van der Waals surface area contributed by atoms with Crippen molar-refractivity contribution < 1.29 is 18.3 Å². The van der Waals surface area contributed by atoms with Crippen molar-refractivity contribution in [3.63, 3.8) is 0 Å². The summed E-state index contributed by atoms with van der Waals surface area (Å²) in [5, 5.41) is 14.1. The van der Waals surface area contributed by atoms with E-state index in [9.17, 15) is 13.2 Å². The number of sulfonamides is 1. The van der Waals surface area contributed by atoms with E-state index in [2.05, 4.69) is 9.82 Å². The highest BCUT2D eigenvalue weighted by molar-refractivity contribution is 7.92. The minimum atomic E-state index is -3.81. The van der Waals surface area contributed by atoms with Gasteiger partial charge in [0.2, 0.25) is 0 Å². The van der Waals surface area contributed by atoms with Gasteiger partial charge in [-0.15, -0.1) is 0 Å². The summed E-state index contributed by atoms with van der Waals surface area (Å²) in [7, 11) is -1.98. The minimum absolute atomic E-state index is 0.00945. The fourth-order valence-electron chi connectivity index (χ4n) is 2.39. The first-order valence-corrected chi connectivity index (χ1v) is 8.56. The summed E-state index contributed by atoms with van der Waals surface area (Å²) in [5.74, 6) is -1.11. The van der Waals surface area contributed by atoms with Crippen LogP contribution in [0.3, 0.4) is 0 Å². The molecule has 0 saturated carbocycles. The number of rotatable bonds is 4. The Kier molecular flexibility index (Phi) is 3.76. The van der Waals surface area contributed by atoms with Crippen molar-refractivity contribution in [3.05, 3.63) is 53.7 Å². The lowest BCUT2D eigenvalue weighted by Crippen LogP contribution is -2.13. The van der Waals surface area contributed by atoms with Crippen LogP contribution in [0.1, 0.15) is 16.1 Å². The van der Waals surface area contributed by atoms with Crippen LogP contribution in [-0.2, 0) is 17.1 Å². The highest BCUT2D eigenvalue weighted by atomic mass is 32.2. The van der Waals surface area contributed by atoms with E-state index >= 15 is 0 Å². The van der Waals surface area contributed by atoms with Gasteiger partial charge in [-0.05, 0) is 49.4 Å². The Morgan fingerprint density at radius 2 is 1.83 bits per heavy atom. The van der Waals surface area contributed by atoms with Crippen molar-refractivity contribution in [3.8, 4) is 0 Å². The maximum Gasteiger partial charge on any atom is 0.335 e. The third kappa shape index (κ3) is 2.83. The topological polar surface area (TPSA) is 101 Å². The van der Waals surface area contributed by atoms with Crippen LogP contribution in [0.15, 0.2) is 47.4 Å². The Morgan fingerprint density at radius 3 is 2.46 bits per heavy atom. The average Bonchev–Trinajstić information content (AvgIpc) is 2.81. The molecule has 8 heteroatoms. The molecule has 7 nitrogen and oxygen atoms in total. The number of anilines is 1. The molecule has 3 rings (SSSR count). The molecule has 0 aliphatic heterocycles. The van der Waals surface area contributed by atoms with Crippen molar-refractivity contribution in [2.45, 2.75) is 11.8 Å². The zero-order valence-electron chi connectivity index (χ0n) is 13.0. The Morgan fingerprint density at radius 1 is 1.17 bits per heavy atom. The Balaban J connectivity index is 1.92. The number of aryl methyl sites for hydroxylation is 2. The normalized spacial score (nSPS) is 11.6. The van der Waals surface area contributed by atoms with E-state index < -0.39 is 16.0 Å². The molecule has 124 valence electrons. The maximum atomic E-state index is 12.4. The van der Waals surface area contributed by atoms with Crippen molar-refractivity contribution in [2.75, 3.05) is 4.72 Å². The quantitative estimate of drug-likeness (QED) is 0.756. The summed E-state index contributed by atoms with van der Waals surface area (Å²) in [6.07, 6.45) is 0. The van der Waals surface area contributed by atoms with Gasteiger partial charge in [0.1, 0.15) is 0 Å². The molecule has 0 radical (unpaired) electrons. The number of hydrogen-bond donors (Lipinski definition) is 2. The first kappa shape index (κ1) is 16.0. The lowest BCUT2D eigenvalue weighted by atomic mass is 10.2. The molecule has 24 heavy (non-hydrogen) atoms. The van der Waals surface area contributed by atoms with E-state index in [1.165, 1.54) is 24.3 Å². The molecular formula is C16H15N3O4S. The summed E-state index contributed by atoms with van der Waals surface area (Å²) in [5.41, 5.74) is 2.10. The van der Waals surface area contributed by atoms with Crippen LogP contribution < -0.4 is 4.72 Å². The molecule has 0 fully saturated rings. The van der Waals surface area contributed by atoms with Crippen LogP contribution in [0.2, 0.25) is 0 Å². The first-order chi connectivity index (χ1) is 11.3. The van der Waals surface area contributed by atoms with Crippen LogP contribution in [0, 0.1) is 6.92 Å². The van der Waals surface area contributed by atoms with E-state index in [1.54, 1.807) is 16.8 Å². The number of carboxylic acid groups (broad SMARTS) is 1. The summed E-state index contributed by atoms with van der Waals surface area (Å²) in [6.45, 7) is 1.93. The Labute approximate surface area is 138 Å². The highest BCUT2D eigenvalue weighted by Gasteiger charge is 2.16. The molecule has 0 aliphatic carbocycles. The van der Waals surface area contributed by atoms with E-state index in [1.807, 2.05) is 20.0 Å². The second kappa shape index (κ2) is 5.64. The van der Waals surface area contributed by atoms with Gasteiger partial charge in [-0.1, -0.05) is 0 Å². The molecule has 1 heterocycles. The molecule has 0 spiro atoms. The lowest BCUT2D eigenvalue weighted by Gasteiger charge is -2.08. The van der Waals surface area contributed by atoms with Gasteiger partial charge in [-0.3, -0.25) is 9.40 Å². The first-order valence-electron chi connectivity index (χ1n) is 7.07. The van der Waals surface area contributed by atoms with Crippen LogP contribution in [0.5, 0.6) is 0 Å². The number of fused-ring (bicyclic) bond motifs is 1. The standard InChI is InChI=1S/C16H15N3O4S/c1-10-14-8-5-12(9-15(14)17-19(10)2)18-24(22,23)13-6-3-11(4-7-13)16(20)21/h3-9,18H,1-2H3,(H,20,21). The predicted molar refractivity (Wildman–Crippen MR) is 89.7 cm³/mol. The zero-order chi connectivity index (χ0) is 17.5. The molecule has 1 aromatic heterocycles. The molecule has 0 aliphatic rings. The fourth-order valence-corrected chi connectivity index (χ4v) is 3.43. The number of carboxylic acids is 1. The number of aromatic nitrogens is 2. The molecule has 2 aromatic carbocycles. The van der Waals surface area contributed by atoms with Gasteiger partial charge >= 0.3 is 5.97 Å². The van der Waals surface area contributed by atoms with E-state index in [0.29, 0.717) is 11.2 Å². The van der Waals surface area contributed by atoms with Crippen LogP contribution in [0.4, 0.5) is 5.69 Å². The SMILES string of the molecule is Cc1c2ccc(NS(=O)(=O)c3ccc(C(=O)O)cc3)cc2nn1C. The zero-order valence-corrected chi connectivity index (χ0v) is 13.8. The summed E-state index contributed by atoms with van der Waals surface area (Å²) < 4.78 is 29.0. The largest absolute Gasteiger partial charge is 0.478 e. The van der Waals surface area contributed by atoms with Crippen molar-refractivity contribution in [1.29, 1.82) is 0 Å². The molecule has 2 N–H and O–H groups in total. The molecule has 0 saturated heterocycles. The number of aromatic carboxylic acids is 1. The van der Waals surface area contributed by atoms with Gasteiger partial charge in [0, 0.05) is 18.1 Å². The van der Waals surface area contributed by atoms with Crippen molar-refractivity contribution in [2.24, 2.45) is 7.05 Å². The van der Waals surface area contributed by atoms with E-state index in [0.717, 1.165) is 11.1 Å². The highest BCUT2D eigenvalue weighted by Crippen LogP contribution is 2.23. The molecular weight excluding hydrogens is 330 g/mol. The second-order valence-electron chi connectivity index (χ2n) is 5.38. The molecule has 0 unspecified atom stereocenters. The number of hydrogen-bond acceptors (Lipinski definition) is 4. The number of benzene rings is 2. The van der Waals surface area contributed by atoms with Gasteiger partial charge in [0.25, 0.3) is 10.0 Å². The Hall–Kier alpha value is -2.87. The maximum absolute atomic E-state index is 12.4. The van der Waals surface area contributed by atoms with Crippen LogP contribution >= 0.6 is 0 Å². The fraction of sp³-hybridized carbons (Fsp3) is 0.125. The van der Waals surface area contributed by atoms with Gasteiger partial charge < -0.3 is 5.11 Å². The second-order valence-corrected chi connectivity index (χ2v) is 7.06. The molecule has 0 atom stereocenters. The van der Waals surface area contributed by atoms with Crippen LogP contribution in [-0.4, -0.2) is 29.3 Å². The summed E-state index contributed by atoms with van der Waals surface area (Å²) in [4.78, 5) is 10.8. The van der Waals surface area contributed by atoms with Gasteiger partial charge in [-0.25, -0.2) is 13.2 Å². The van der Waals surface area contributed by atoms with Gasteiger partial charge in [0.15, 0.2) is 0 Å². The van der Waals surface area contributed by atoms with E-state index in [4.69, 9.17) is 5.11 Å². The summed E-state index contributed by atoms with van der Waals surface area (Å²) >= 11 is 0. The Bertz CT molecular complexity index is 1040. The summed E-state index contributed by atoms with van der Waals surface area (Å²) in [6, 6.07) is 10.2. The average molecular weight is 345 g/mol.